The van der Waals surface area contributed by atoms with Gasteiger partial charge in [-0.25, -0.2) is 9.78 Å². The Labute approximate surface area is 281 Å². The number of carbonyl (C=O) groups is 1. The van der Waals surface area contributed by atoms with E-state index in [1.807, 2.05) is 44.4 Å². The maximum absolute atomic E-state index is 13.5. The van der Waals surface area contributed by atoms with Crippen LogP contribution in [-0.4, -0.2) is 58.1 Å². The normalized spacial score (nSPS) is 15.3. The Morgan fingerprint density at radius 3 is 2.43 bits per heavy atom. The van der Waals surface area contributed by atoms with Crippen molar-refractivity contribution >= 4 is 30.9 Å². The summed E-state index contributed by atoms with van der Waals surface area (Å²) in [5.74, 6) is 0.335. The summed E-state index contributed by atoms with van der Waals surface area (Å²) in [6.45, 7) is 24.4. The second-order valence-corrected chi connectivity index (χ2v) is 13.0. The zero-order valence-electron chi connectivity index (χ0n) is 28.6. The Balaban J connectivity index is 0.00000576. The molecule has 0 radical (unpaired) electrons. The lowest BCUT2D eigenvalue weighted by molar-refractivity contribution is -0.166. The highest BCUT2D eigenvalue weighted by atomic mass is 32.1. The Morgan fingerprint density at radius 1 is 1.09 bits per heavy atom. The first kappa shape index (κ1) is 37.3. The molecule has 1 fully saturated rings. The number of carbonyl (C=O) groups excluding carboxylic acids is 1. The van der Waals surface area contributed by atoms with Gasteiger partial charge in [0.2, 0.25) is 0 Å². The molecule has 252 valence electrons. The number of ether oxygens (including phenoxy) is 4. The maximum Gasteiger partial charge on any atom is 0.340 e. The van der Waals surface area contributed by atoms with Gasteiger partial charge < -0.3 is 23.8 Å². The number of hydrogen-bond donors (Lipinski definition) is 0. The summed E-state index contributed by atoms with van der Waals surface area (Å²) in [4.78, 5) is 20.6. The Morgan fingerprint density at radius 2 is 1.80 bits per heavy atom. The molecule has 2 aromatic heterocycles. The molecular formula is C36H52N4O5S. The van der Waals surface area contributed by atoms with E-state index >= 15 is 0 Å². The van der Waals surface area contributed by atoms with Gasteiger partial charge in [0.05, 0.1) is 48.9 Å². The van der Waals surface area contributed by atoms with Crippen molar-refractivity contribution < 1.29 is 23.7 Å². The second kappa shape index (κ2) is 16.1. The van der Waals surface area contributed by atoms with Crippen LogP contribution in [-0.2, 0) is 43.4 Å². The number of piperidine rings is 1. The van der Waals surface area contributed by atoms with Gasteiger partial charge >= 0.3 is 5.97 Å². The predicted octanol–water partition coefficient (Wildman–Crippen LogP) is 6.89. The van der Waals surface area contributed by atoms with Crippen LogP contribution >= 0.6 is 13.5 Å². The van der Waals surface area contributed by atoms with Crippen molar-refractivity contribution in [3.63, 3.8) is 0 Å². The largest absolute Gasteiger partial charge is 0.464 e. The quantitative estimate of drug-likeness (QED) is 0.138. The molecule has 0 saturated carbocycles. The Hall–Kier alpha value is -3.18. The van der Waals surface area contributed by atoms with Crippen LogP contribution in [0.2, 0.25) is 0 Å². The van der Waals surface area contributed by atoms with E-state index in [0.717, 1.165) is 36.3 Å². The third kappa shape index (κ3) is 9.21. The van der Waals surface area contributed by atoms with Crippen LogP contribution in [0.1, 0.15) is 87.2 Å². The van der Waals surface area contributed by atoms with E-state index < -0.39 is 17.7 Å². The summed E-state index contributed by atoms with van der Waals surface area (Å²) in [5, 5.41) is 4.98. The Bertz CT molecular complexity index is 1500. The number of esters is 1. The van der Waals surface area contributed by atoms with Gasteiger partial charge in [-0.2, -0.15) is 23.1 Å². The van der Waals surface area contributed by atoms with Gasteiger partial charge in [0.1, 0.15) is 5.82 Å². The monoisotopic (exact) mass is 652 g/mol. The number of hydrogen-bond acceptors (Lipinski definition) is 8. The SMILES string of the molecule is C=CCOC1(C)CCN(c2c([C@H](OC(C)(C)C)C(=O)OCC)c(C)nc3cc(COCc4ccc(C)cc4CC=C)nn23)CC1.S. The van der Waals surface area contributed by atoms with Crippen LogP contribution < -0.4 is 4.90 Å². The van der Waals surface area contributed by atoms with Gasteiger partial charge in [0.25, 0.3) is 0 Å². The smallest absolute Gasteiger partial charge is 0.340 e. The van der Waals surface area contributed by atoms with Crippen molar-refractivity contribution in [2.45, 2.75) is 98.2 Å². The third-order valence-electron chi connectivity index (χ3n) is 7.99. The molecule has 1 atom stereocenters. The van der Waals surface area contributed by atoms with Crippen molar-refractivity contribution in [2.75, 3.05) is 31.2 Å². The molecule has 0 N–H and O–H groups in total. The lowest BCUT2D eigenvalue weighted by Crippen LogP contribution is -2.45. The molecule has 1 aliphatic heterocycles. The average Bonchev–Trinajstić information content (AvgIpc) is 3.38. The van der Waals surface area contributed by atoms with E-state index in [1.54, 1.807) is 13.0 Å². The van der Waals surface area contributed by atoms with Crippen molar-refractivity contribution in [2.24, 2.45) is 0 Å². The minimum Gasteiger partial charge on any atom is -0.464 e. The van der Waals surface area contributed by atoms with Crippen molar-refractivity contribution in [3.05, 3.63) is 83.2 Å². The fourth-order valence-electron chi connectivity index (χ4n) is 5.74. The number of aryl methyl sites for hydroxylation is 2. The van der Waals surface area contributed by atoms with Crippen LogP contribution in [0.3, 0.4) is 0 Å². The molecule has 1 aliphatic rings. The number of anilines is 1. The molecule has 10 heteroatoms. The second-order valence-electron chi connectivity index (χ2n) is 13.0. The lowest BCUT2D eigenvalue weighted by Gasteiger charge is -2.41. The summed E-state index contributed by atoms with van der Waals surface area (Å²) in [6.07, 6.45) is 5.11. The van der Waals surface area contributed by atoms with E-state index in [2.05, 4.69) is 50.1 Å². The van der Waals surface area contributed by atoms with Crippen LogP contribution in [0.4, 0.5) is 5.82 Å². The van der Waals surface area contributed by atoms with Crippen LogP contribution in [0.5, 0.6) is 0 Å². The number of aromatic nitrogens is 3. The lowest BCUT2D eigenvalue weighted by atomic mass is 9.92. The predicted molar refractivity (Wildman–Crippen MR) is 188 cm³/mol. The summed E-state index contributed by atoms with van der Waals surface area (Å²) in [7, 11) is 0. The van der Waals surface area contributed by atoms with Crippen LogP contribution in [0, 0.1) is 13.8 Å². The first-order chi connectivity index (χ1) is 21.4. The van der Waals surface area contributed by atoms with E-state index in [0.29, 0.717) is 49.8 Å². The molecule has 46 heavy (non-hydrogen) atoms. The standard InChI is InChI=1S/C36H50N4O5.H2S/c1-10-13-27-21-25(4)14-15-28(27)23-42-24-29-22-30-37-26(5)31(32(34(41)43-12-3)45-35(6,7)8)33(40(30)38-29)39-18-16-36(9,17-19-39)44-20-11-2;/h10-11,14-15,21-22,32H,1-2,12-13,16-20,23-24H2,3-9H3;1H2/t32-;/m0./s1. The van der Waals surface area contributed by atoms with Crippen LogP contribution in [0.15, 0.2) is 49.6 Å². The van der Waals surface area contributed by atoms with E-state index in [9.17, 15) is 4.79 Å². The molecule has 4 rings (SSSR count). The van der Waals surface area contributed by atoms with Gasteiger partial charge in [-0.15, -0.1) is 13.2 Å². The molecule has 0 aliphatic carbocycles. The van der Waals surface area contributed by atoms with Crippen molar-refractivity contribution in [3.8, 4) is 0 Å². The van der Waals surface area contributed by atoms with Crippen LogP contribution in [0.25, 0.3) is 5.65 Å². The number of nitrogens with zero attached hydrogens (tertiary/aromatic N) is 4. The fourth-order valence-corrected chi connectivity index (χ4v) is 5.74. The van der Waals surface area contributed by atoms with Gasteiger partial charge in [0.15, 0.2) is 11.8 Å². The molecule has 3 aromatic rings. The minimum atomic E-state index is -0.976. The molecule has 9 nitrogen and oxygen atoms in total. The van der Waals surface area contributed by atoms with Gasteiger partial charge in [-0.05, 0) is 78.9 Å². The summed E-state index contributed by atoms with van der Waals surface area (Å²) in [6, 6.07) is 8.34. The molecule has 1 saturated heterocycles. The molecule has 0 spiro atoms. The molecule has 0 bridgehead atoms. The zero-order chi connectivity index (χ0) is 32.8. The molecule has 0 amide bonds. The highest BCUT2D eigenvalue weighted by Crippen LogP contribution is 2.38. The summed E-state index contributed by atoms with van der Waals surface area (Å²) in [5.41, 5.74) is 5.46. The first-order valence-electron chi connectivity index (χ1n) is 15.9. The molecule has 0 unspecified atom stereocenters. The highest BCUT2D eigenvalue weighted by Gasteiger charge is 2.38. The zero-order valence-corrected chi connectivity index (χ0v) is 29.6. The number of rotatable bonds is 14. The fraction of sp³-hybridized carbons (Fsp3) is 0.528. The maximum atomic E-state index is 13.5. The number of fused-ring (bicyclic) bond motifs is 1. The average molecular weight is 653 g/mol. The summed E-state index contributed by atoms with van der Waals surface area (Å²) >= 11 is 0. The van der Waals surface area contributed by atoms with Gasteiger partial charge in [0, 0.05) is 24.8 Å². The first-order valence-corrected chi connectivity index (χ1v) is 15.9. The van der Waals surface area contributed by atoms with E-state index in [-0.39, 0.29) is 25.7 Å². The number of allylic oxidation sites excluding steroid dienone is 1. The van der Waals surface area contributed by atoms with Crippen molar-refractivity contribution in [1.82, 2.24) is 14.6 Å². The van der Waals surface area contributed by atoms with E-state index in [4.69, 9.17) is 29.0 Å². The molecule has 1 aromatic carbocycles. The van der Waals surface area contributed by atoms with Crippen molar-refractivity contribution in [1.29, 1.82) is 0 Å². The Kier molecular flexibility index (Phi) is 13.0. The molecule has 3 heterocycles. The molecular weight excluding hydrogens is 600 g/mol. The van der Waals surface area contributed by atoms with Gasteiger partial charge in [-0.3, -0.25) is 0 Å². The number of benzene rings is 1. The minimum absolute atomic E-state index is 0. The topological polar surface area (TPSA) is 87.4 Å². The van der Waals surface area contributed by atoms with E-state index in [1.165, 1.54) is 11.1 Å². The highest BCUT2D eigenvalue weighted by molar-refractivity contribution is 7.59. The third-order valence-corrected chi connectivity index (χ3v) is 7.99. The van der Waals surface area contributed by atoms with Gasteiger partial charge in [-0.1, -0.05) is 35.9 Å². The summed E-state index contributed by atoms with van der Waals surface area (Å²) < 4.78 is 26.1.